The van der Waals surface area contributed by atoms with Gasteiger partial charge in [-0.3, -0.25) is 14.4 Å². The summed E-state index contributed by atoms with van der Waals surface area (Å²) >= 11 is 0. The molecule has 0 rings (SSSR count). The summed E-state index contributed by atoms with van der Waals surface area (Å²) in [4.78, 5) is 33.1. The second-order valence-electron chi connectivity index (χ2n) is 4.06. The molecule has 0 amide bonds. The summed E-state index contributed by atoms with van der Waals surface area (Å²) in [5.41, 5.74) is 0. The Balaban J connectivity index is 5.02. The van der Waals surface area contributed by atoms with Crippen molar-refractivity contribution in [3.63, 3.8) is 0 Å². The van der Waals surface area contributed by atoms with E-state index in [0.717, 1.165) is 0 Å². The van der Waals surface area contributed by atoms with Gasteiger partial charge in [0.15, 0.2) is 6.10 Å². The number of hydrogen-bond donors (Lipinski definition) is 0. The highest BCUT2D eigenvalue weighted by atomic mass is 16.6. The molecule has 0 bridgehead atoms. The molecule has 0 saturated heterocycles. The minimum absolute atomic E-state index is 0.281. The first-order valence-electron chi connectivity index (χ1n) is 5.90. The van der Waals surface area contributed by atoms with Crippen LogP contribution in [0.15, 0.2) is 12.7 Å². The van der Waals surface area contributed by atoms with Crippen molar-refractivity contribution in [2.75, 3.05) is 0 Å². The molecule has 0 unspecified atom stereocenters. The molecular weight excluding hydrogens is 252 g/mol. The second kappa shape index (κ2) is 8.29. The predicted octanol–water partition coefficient (Wildman–Crippen LogP) is 1.38. The Bertz CT molecular complexity index is 349. The molecule has 6 nitrogen and oxygen atoms in total. The van der Waals surface area contributed by atoms with E-state index in [0.29, 0.717) is 0 Å². The summed E-state index contributed by atoms with van der Waals surface area (Å²) in [6, 6.07) is 0. The van der Waals surface area contributed by atoms with E-state index in [9.17, 15) is 14.4 Å². The molecule has 0 heterocycles. The molecule has 0 aromatic rings. The Kier molecular flexibility index (Phi) is 7.48. The normalized spacial score (nSPS) is 14.7. The molecular formula is C13H20O6. The number of rotatable bonds is 7. The molecule has 0 saturated carbocycles. The molecule has 0 fully saturated rings. The van der Waals surface area contributed by atoms with Gasteiger partial charge < -0.3 is 14.2 Å². The third-order valence-corrected chi connectivity index (χ3v) is 2.20. The summed E-state index contributed by atoms with van der Waals surface area (Å²) in [6.45, 7) is 8.84. The van der Waals surface area contributed by atoms with Crippen molar-refractivity contribution in [2.24, 2.45) is 0 Å². The zero-order valence-electron chi connectivity index (χ0n) is 11.7. The Hall–Kier alpha value is -1.85. The van der Waals surface area contributed by atoms with Crippen LogP contribution >= 0.6 is 0 Å². The molecule has 0 aliphatic heterocycles. The number of hydrogen-bond acceptors (Lipinski definition) is 6. The van der Waals surface area contributed by atoms with E-state index in [-0.39, 0.29) is 6.42 Å². The van der Waals surface area contributed by atoms with Crippen LogP contribution < -0.4 is 0 Å². The third-order valence-electron chi connectivity index (χ3n) is 2.20. The van der Waals surface area contributed by atoms with Gasteiger partial charge >= 0.3 is 17.9 Å². The molecule has 0 aliphatic rings. The van der Waals surface area contributed by atoms with E-state index in [4.69, 9.17) is 14.2 Å². The van der Waals surface area contributed by atoms with Crippen molar-refractivity contribution in [1.29, 1.82) is 0 Å². The lowest BCUT2D eigenvalue weighted by atomic mass is 10.1. The molecule has 0 aromatic carbocycles. The van der Waals surface area contributed by atoms with Crippen LogP contribution in [0.2, 0.25) is 0 Å². The maximum Gasteiger partial charge on any atom is 0.303 e. The molecule has 0 radical (unpaired) electrons. The molecule has 0 N–H and O–H groups in total. The van der Waals surface area contributed by atoms with Gasteiger partial charge in [0.1, 0.15) is 12.2 Å². The van der Waals surface area contributed by atoms with Crippen molar-refractivity contribution >= 4 is 17.9 Å². The molecule has 0 aliphatic carbocycles. The van der Waals surface area contributed by atoms with Crippen molar-refractivity contribution in [2.45, 2.75) is 52.4 Å². The highest BCUT2D eigenvalue weighted by Gasteiger charge is 2.33. The maximum atomic E-state index is 11.1. The fourth-order valence-electron chi connectivity index (χ4n) is 1.62. The van der Waals surface area contributed by atoms with E-state index in [1.165, 1.54) is 26.8 Å². The SMILES string of the molecule is C=CC[C@@H](OC(C)=O)[C@H](OC(C)=O)[C@H](C)OC(C)=O. The first-order chi connectivity index (χ1) is 8.77. The Morgan fingerprint density at radius 3 is 1.84 bits per heavy atom. The molecule has 0 spiro atoms. The topological polar surface area (TPSA) is 78.9 Å². The van der Waals surface area contributed by atoms with Crippen LogP contribution in [-0.2, 0) is 28.6 Å². The zero-order valence-corrected chi connectivity index (χ0v) is 11.7. The molecule has 3 atom stereocenters. The molecule has 6 heteroatoms. The van der Waals surface area contributed by atoms with E-state index in [1.807, 2.05) is 0 Å². The average Bonchev–Trinajstić information content (AvgIpc) is 2.23. The van der Waals surface area contributed by atoms with Gasteiger partial charge in [0.25, 0.3) is 0 Å². The van der Waals surface area contributed by atoms with Crippen molar-refractivity contribution in [3.8, 4) is 0 Å². The Morgan fingerprint density at radius 2 is 1.47 bits per heavy atom. The Labute approximate surface area is 112 Å². The van der Waals surface area contributed by atoms with E-state index < -0.39 is 36.2 Å². The summed E-state index contributed by atoms with van der Waals surface area (Å²) in [5.74, 6) is -1.57. The van der Waals surface area contributed by atoms with Crippen molar-refractivity contribution in [1.82, 2.24) is 0 Å². The van der Waals surface area contributed by atoms with Crippen LogP contribution in [0.5, 0.6) is 0 Å². The fraction of sp³-hybridized carbons (Fsp3) is 0.615. The Morgan fingerprint density at radius 1 is 1.00 bits per heavy atom. The monoisotopic (exact) mass is 272 g/mol. The summed E-state index contributed by atoms with van der Waals surface area (Å²) in [6.07, 6.45) is -0.532. The van der Waals surface area contributed by atoms with Crippen LogP contribution in [0.4, 0.5) is 0 Å². The number of carbonyl (C=O) groups excluding carboxylic acids is 3. The predicted molar refractivity (Wildman–Crippen MR) is 67.2 cm³/mol. The van der Waals surface area contributed by atoms with Crippen molar-refractivity contribution in [3.05, 3.63) is 12.7 Å². The highest BCUT2D eigenvalue weighted by Crippen LogP contribution is 2.16. The van der Waals surface area contributed by atoms with Crippen LogP contribution in [0.25, 0.3) is 0 Å². The maximum absolute atomic E-state index is 11.1. The molecule has 19 heavy (non-hydrogen) atoms. The lowest BCUT2D eigenvalue weighted by Crippen LogP contribution is -2.43. The van der Waals surface area contributed by atoms with Crippen molar-refractivity contribution < 1.29 is 28.6 Å². The second-order valence-corrected chi connectivity index (χ2v) is 4.06. The van der Waals surface area contributed by atoms with Crippen LogP contribution in [-0.4, -0.2) is 36.2 Å². The largest absolute Gasteiger partial charge is 0.459 e. The van der Waals surface area contributed by atoms with Crippen LogP contribution in [0.3, 0.4) is 0 Å². The smallest absolute Gasteiger partial charge is 0.303 e. The number of esters is 3. The first-order valence-corrected chi connectivity index (χ1v) is 5.90. The van der Waals surface area contributed by atoms with Gasteiger partial charge in [-0.2, -0.15) is 0 Å². The lowest BCUT2D eigenvalue weighted by Gasteiger charge is -2.29. The summed E-state index contributed by atoms with van der Waals surface area (Å²) in [5, 5.41) is 0. The lowest BCUT2D eigenvalue weighted by molar-refractivity contribution is -0.180. The number of ether oxygens (including phenoxy) is 3. The van der Waals surface area contributed by atoms with Gasteiger partial charge in [-0.05, 0) is 6.92 Å². The van der Waals surface area contributed by atoms with Gasteiger partial charge in [-0.1, -0.05) is 6.08 Å². The molecule has 0 aromatic heterocycles. The minimum atomic E-state index is -0.872. The third kappa shape index (κ3) is 7.23. The quantitative estimate of drug-likeness (QED) is 0.396. The average molecular weight is 272 g/mol. The first kappa shape index (κ1) is 17.2. The standard InChI is InChI=1S/C13H20O6/c1-6-7-12(18-10(4)15)13(19-11(5)16)8(2)17-9(3)14/h6,8,12-13H,1,7H2,2-5H3/t8-,12+,13+/m0/s1. The fourth-order valence-corrected chi connectivity index (χ4v) is 1.62. The van der Waals surface area contributed by atoms with Gasteiger partial charge in [-0.25, -0.2) is 0 Å². The highest BCUT2D eigenvalue weighted by molar-refractivity contribution is 5.68. The van der Waals surface area contributed by atoms with E-state index >= 15 is 0 Å². The van der Waals surface area contributed by atoms with Gasteiger partial charge in [0.2, 0.25) is 0 Å². The minimum Gasteiger partial charge on any atom is -0.459 e. The summed E-state index contributed by atoms with van der Waals surface area (Å²) < 4.78 is 15.1. The van der Waals surface area contributed by atoms with E-state index in [1.54, 1.807) is 6.92 Å². The molecule has 108 valence electrons. The van der Waals surface area contributed by atoms with Crippen LogP contribution in [0.1, 0.15) is 34.1 Å². The van der Waals surface area contributed by atoms with Gasteiger partial charge in [0.05, 0.1) is 0 Å². The summed E-state index contributed by atoms with van der Waals surface area (Å²) in [7, 11) is 0. The zero-order chi connectivity index (χ0) is 15.0. The van der Waals surface area contributed by atoms with Gasteiger partial charge in [-0.15, -0.1) is 6.58 Å². The van der Waals surface area contributed by atoms with Gasteiger partial charge in [0, 0.05) is 27.2 Å². The van der Waals surface area contributed by atoms with E-state index in [2.05, 4.69) is 6.58 Å². The van der Waals surface area contributed by atoms with Crippen LogP contribution in [0, 0.1) is 0 Å². The number of carbonyl (C=O) groups is 3.